The molecule has 0 heterocycles. The van der Waals surface area contributed by atoms with Crippen LogP contribution in [-0.2, 0) is 9.59 Å². The first-order chi connectivity index (χ1) is 9.95. The van der Waals surface area contributed by atoms with Gasteiger partial charge in [0.05, 0.1) is 12.5 Å². The highest BCUT2D eigenvalue weighted by Gasteiger charge is 2.24. The van der Waals surface area contributed by atoms with E-state index in [4.69, 9.17) is 5.26 Å². The Morgan fingerprint density at radius 1 is 1.29 bits per heavy atom. The monoisotopic (exact) mass is 293 g/mol. The van der Waals surface area contributed by atoms with Crippen LogP contribution in [0.1, 0.15) is 58.8 Å². The van der Waals surface area contributed by atoms with Gasteiger partial charge in [-0.05, 0) is 32.6 Å². The van der Waals surface area contributed by atoms with Crippen molar-refractivity contribution in [1.82, 2.24) is 10.2 Å². The quantitative estimate of drug-likeness (QED) is 0.816. The van der Waals surface area contributed by atoms with Crippen LogP contribution < -0.4 is 5.32 Å². The van der Waals surface area contributed by atoms with Gasteiger partial charge < -0.3 is 10.2 Å². The summed E-state index contributed by atoms with van der Waals surface area (Å²) in [6.07, 6.45) is 6.75. The third-order valence-electron chi connectivity index (χ3n) is 4.34. The first-order valence-corrected chi connectivity index (χ1v) is 7.88. The second-order valence-electron chi connectivity index (χ2n) is 6.16. The van der Waals surface area contributed by atoms with Gasteiger partial charge in [-0.3, -0.25) is 9.59 Å². The third-order valence-corrected chi connectivity index (χ3v) is 4.34. The second-order valence-corrected chi connectivity index (χ2v) is 6.16. The van der Waals surface area contributed by atoms with E-state index < -0.39 is 6.04 Å². The van der Waals surface area contributed by atoms with Gasteiger partial charge in [0.1, 0.15) is 6.04 Å². The molecule has 2 amide bonds. The second kappa shape index (κ2) is 8.66. The first kappa shape index (κ1) is 17.5. The van der Waals surface area contributed by atoms with Gasteiger partial charge in [0.2, 0.25) is 11.8 Å². The lowest BCUT2D eigenvalue weighted by Crippen LogP contribution is -2.48. The summed E-state index contributed by atoms with van der Waals surface area (Å²) in [4.78, 5) is 25.7. The minimum absolute atomic E-state index is 0.0379. The van der Waals surface area contributed by atoms with E-state index in [0.29, 0.717) is 18.8 Å². The average molecular weight is 293 g/mol. The molecule has 2 unspecified atom stereocenters. The lowest BCUT2D eigenvalue weighted by Gasteiger charge is -2.27. The summed E-state index contributed by atoms with van der Waals surface area (Å²) >= 11 is 0. The number of hydrogen-bond donors (Lipinski definition) is 1. The van der Waals surface area contributed by atoms with Crippen LogP contribution in [0.2, 0.25) is 0 Å². The summed E-state index contributed by atoms with van der Waals surface area (Å²) in [7, 11) is 1.67. The van der Waals surface area contributed by atoms with Crippen molar-refractivity contribution < 1.29 is 9.59 Å². The molecule has 1 N–H and O–H groups in total. The molecule has 1 aliphatic carbocycles. The number of amides is 2. The van der Waals surface area contributed by atoms with Crippen LogP contribution in [0, 0.1) is 17.2 Å². The molecule has 0 spiro atoms. The Hall–Kier alpha value is -1.57. The van der Waals surface area contributed by atoms with E-state index in [0.717, 1.165) is 12.8 Å². The molecule has 118 valence electrons. The van der Waals surface area contributed by atoms with Crippen LogP contribution in [0.4, 0.5) is 0 Å². The van der Waals surface area contributed by atoms with E-state index >= 15 is 0 Å². The molecule has 0 aromatic carbocycles. The molecule has 1 fully saturated rings. The molecule has 0 aliphatic heterocycles. The Kier molecular flexibility index (Phi) is 7.21. The number of likely N-dealkylation sites (N-methyl/N-ethyl adjacent to an activating group) is 1. The molecular weight excluding hydrogens is 266 g/mol. The fourth-order valence-corrected chi connectivity index (χ4v) is 2.81. The van der Waals surface area contributed by atoms with E-state index in [1.807, 2.05) is 6.92 Å². The van der Waals surface area contributed by atoms with Crippen molar-refractivity contribution in [2.24, 2.45) is 5.92 Å². The largest absolute Gasteiger partial charge is 0.345 e. The lowest BCUT2D eigenvalue weighted by molar-refractivity contribution is -0.136. The molecule has 0 radical (unpaired) electrons. The smallest absolute Gasteiger partial charge is 0.244 e. The molecule has 21 heavy (non-hydrogen) atoms. The van der Waals surface area contributed by atoms with Gasteiger partial charge in [-0.25, -0.2) is 0 Å². The van der Waals surface area contributed by atoms with Gasteiger partial charge in [0, 0.05) is 19.5 Å². The normalized spacial score (nSPS) is 18.4. The van der Waals surface area contributed by atoms with Gasteiger partial charge in [-0.15, -0.1) is 0 Å². The van der Waals surface area contributed by atoms with Crippen molar-refractivity contribution in [3.8, 4) is 6.07 Å². The Bertz CT molecular complexity index is 397. The summed E-state index contributed by atoms with van der Waals surface area (Å²) in [5, 5.41) is 11.5. The molecule has 1 aliphatic rings. The highest BCUT2D eigenvalue weighted by Crippen LogP contribution is 2.26. The van der Waals surface area contributed by atoms with Crippen molar-refractivity contribution in [2.45, 2.75) is 70.9 Å². The highest BCUT2D eigenvalue weighted by molar-refractivity contribution is 5.87. The Morgan fingerprint density at radius 2 is 1.90 bits per heavy atom. The molecule has 0 aromatic rings. The number of carbonyl (C=O) groups excluding carboxylic acids is 2. The number of hydrogen-bond acceptors (Lipinski definition) is 3. The SMILES string of the molecule is CC(NC(=O)CC1CCCCC1)C(=O)N(C)C(C)CC#N. The fraction of sp³-hybridized carbons (Fsp3) is 0.812. The van der Waals surface area contributed by atoms with Gasteiger partial charge in [-0.2, -0.15) is 5.26 Å². The van der Waals surface area contributed by atoms with Crippen molar-refractivity contribution in [2.75, 3.05) is 7.05 Å². The molecule has 0 aromatic heterocycles. The Labute approximate surface area is 127 Å². The van der Waals surface area contributed by atoms with E-state index in [1.54, 1.807) is 14.0 Å². The summed E-state index contributed by atoms with van der Waals surface area (Å²) in [5.41, 5.74) is 0. The fourth-order valence-electron chi connectivity index (χ4n) is 2.81. The molecule has 5 nitrogen and oxygen atoms in total. The first-order valence-electron chi connectivity index (χ1n) is 7.88. The van der Waals surface area contributed by atoms with Gasteiger partial charge in [0.15, 0.2) is 0 Å². The summed E-state index contributed by atoms with van der Waals surface area (Å²) in [6.45, 7) is 3.54. The zero-order chi connectivity index (χ0) is 15.8. The van der Waals surface area contributed by atoms with Crippen LogP contribution in [0.5, 0.6) is 0 Å². The maximum absolute atomic E-state index is 12.2. The topological polar surface area (TPSA) is 73.2 Å². The van der Waals surface area contributed by atoms with Crippen LogP contribution in [0.15, 0.2) is 0 Å². The number of nitriles is 1. The zero-order valence-electron chi connectivity index (χ0n) is 13.4. The molecule has 0 saturated heterocycles. The van der Waals surface area contributed by atoms with E-state index in [2.05, 4.69) is 11.4 Å². The highest BCUT2D eigenvalue weighted by atomic mass is 16.2. The maximum Gasteiger partial charge on any atom is 0.244 e. The van der Waals surface area contributed by atoms with E-state index in [-0.39, 0.29) is 17.9 Å². The third kappa shape index (κ3) is 5.74. The number of rotatable bonds is 6. The van der Waals surface area contributed by atoms with Crippen LogP contribution in [0.25, 0.3) is 0 Å². The van der Waals surface area contributed by atoms with Crippen molar-refractivity contribution in [3.63, 3.8) is 0 Å². The minimum Gasteiger partial charge on any atom is -0.345 e. The Morgan fingerprint density at radius 3 is 2.48 bits per heavy atom. The van der Waals surface area contributed by atoms with Gasteiger partial charge in [0.25, 0.3) is 0 Å². The summed E-state index contributed by atoms with van der Waals surface area (Å²) in [6, 6.07) is 1.38. The van der Waals surface area contributed by atoms with Crippen molar-refractivity contribution >= 4 is 11.8 Å². The van der Waals surface area contributed by atoms with Crippen LogP contribution in [0.3, 0.4) is 0 Å². The average Bonchev–Trinajstić information content (AvgIpc) is 2.46. The molecule has 2 atom stereocenters. The van der Waals surface area contributed by atoms with Crippen LogP contribution in [-0.4, -0.2) is 35.8 Å². The van der Waals surface area contributed by atoms with Crippen LogP contribution >= 0.6 is 0 Å². The molecule has 5 heteroatoms. The molecular formula is C16H27N3O2. The van der Waals surface area contributed by atoms with Gasteiger partial charge in [-0.1, -0.05) is 19.3 Å². The predicted octanol–water partition coefficient (Wildman–Crippen LogP) is 2.22. The zero-order valence-corrected chi connectivity index (χ0v) is 13.4. The summed E-state index contributed by atoms with van der Waals surface area (Å²) < 4.78 is 0. The molecule has 0 bridgehead atoms. The maximum atomic E-state index is 12.2. The minimum atomic E-state index is -0.535. The molecule has 1 saturated carbocycles. The van der Waals surface area contributed by atoms with E-state index in [9.17, 15) is 9.59 Å². The predicted molar refractivity (Wildman–Crippen MR) is 81.3 cm³/mol. The Balaban J connectivity index is 2.40. The standard InChI is InChI=1S/C16H27N3O2/c1-12(9-10-17)19(3)16(21)13(2)18-15(20)11-14-7-5-4-6-8-14/h12-14H,4-9,11H2,1-3H3,(H,18,20). The van der Waals surface area contributed by atoms with Gasteiger partial charge >= 0.3 is 0 Å². The number of nitrogens with one attached hydrogen (secondary N) is 1. The summed E-state index contributed by atoms with van der Waals surface area (Å²) in [5.74, 6) is 0.287. The van der Waals surface area contributed by atoms with E-state index in [1.165, 1.54) is 24.2 Å². The number of nitrogens with zero attached hydrogens (tertiary/aromatic N) is 2. The van der Waals surface area contributed by atoms with Crippen molar-refractivity contribution in [1.29, 1.82) is 5.26 Å². The molecule has 1 rings (SSSR count). The van der Waals surface area contributed by atoms with Crippen molar-refractivity contribution in [3.05, 3.63) is 0 Å². The lowest BCUT2D eigenvalue weighted by atomic mass is 9.87. The number of carbonyl (C=O) groups is 2.